The molecule has 0 radical (unpaired) electrons. The summed E-state index contributed by atoms with van der Waals surface area (Å²) < 4.78 is 0. The van der Waals surface area contributed by atoms with E-state index < -0.39 is 0 Å². The number of thioether (sulfide) groups is 1. The van der Waals surface area contributed by atoms with Gasteiger partial charge in [-0.25, -0.2) is 4.98 Å². The van der Waals surface area contributed by atoms with Gasteiger partial charge in [0.05, 0.1) is 5.56 Å². The fourth-order valence-electron chi connectivity index (χ4n) is 2.04. The van der Waals surface area contributed by atoms with Crippen molar-refractivity contribution in [3.05, 3.63) is 22.4 Å². The minimum Gasteiger partial charge on any atom is -0.355 e. The average Bonchev–Trinajstić information content (AvgIpc) is 2.44. The lowest BCUT2D eigenvalue weighted by Gasteiger charge is -2.13. The van der Waals surface area contributed by atoms with E-state index in [0.717, 1.165) is 21.8 Å². The van der Waals surface area contributed by atoms with Gasteiger partial charge < -0.3 is 11.1 Å². The first-order valence-corrected chi connectivity index (χ1v) is 7.68. The van der Waals surface area contributed by atoms with Crippen molar-refractivity contribution in [1.29, 1.82) is 5.26 Å². The second-order valence-electron chi connectivity index (χ2n) is 4.44. The van der Waals surface area contributed by atoms with Gasteiger partial charge in [0.25, 0.3) is 0 Å². The summed E-state index contributed by atoms with van der Waals surface area (Å²) in [6.07, 6.45) is 2.87. The maximum absolute atomic E-state index is 11.6. The van der Waals surface area contributed by atoms with E-state index in [4.69, 9.17) is 5.73 Å². The van der Waals surface area contributed by atoms with Crippen molar-refractivity contribution in [2.45, 2.75) is 31.7 Å². The number of amides is 1. The Morgan fingerprint density at radius 1 is 1.50 bits per heavy atom. The molecule has 0 aliphatic heterocycles. The van der Waals surface area contributed by atoms with E-state index in [1.54, 1.807) is 0 Å². The second kappa shape index (κ2) is 7.88. The van der Waals surface area contributed by atoms with Gasteiger partial charge in [0.1, 0.15) is 11.1 Å². The molecule has 0 atom stereocenters. The molecular formula is C14H20N4OS. The molecule has 6 heteroatoms. The van der Waals surface area contributed by atoms with Gasteiger partial charge in [0.2, 0.25) is 5.91 Å². The molecule has 0 aliphatic rings. The number of aromatic nitrogens is 1. The van der Waals surface area contributed by atoms with Crippen LogP contribution in [0.15, 0.2) is 5.03 Å². The fraction of sp³-hybridized carbons (Fsp3) is 0.500. The molecule has 1 aromatic rings. The summed E-state index contributed by atoms with van der Waals surface area (Å²) in [5.41, 5.74) is 8.75. The molecule has 0 saturated heterocycles. The van der Waals surface area contributed by atoms with Gasteiger partial charge in [0.15, 0.2) is 0 Å². The number of rotatable bonds is 6. The number of nitrogens with two attached hydrogens (primary N) is 1. The monoisotopic (exact) mass is 292 g/mol. The molecule has 0 spiro atoms. The van der Waals surface area contributed by atoms with Gasteiger partial charge >= 0.3 is 0 Å². The first-order chi connectivity index (χ1) is 9.54. The van der Waals surface area contributed by atoms with Crippen molar-refractivity contribution < 1.29 is 4.79 Å². The van der Waals surface area contributed by atoms with E-state index in [1.165, 1.54) is 11.8 Å². The first kappa shape index (κ1) is 16.5. The summed E-state index contributed by atoms with van der Waals surface area (Å²) >= 11 is 1.47. The molecule has 5 nitrogen and oxygen atoms in total. The lowest BCUT2D eigenvalue weighted by molar-refractivity contribution is -0.120. The van der Waals surface area contributed by atoms with Crippen LogP contribution < -0.4 is 11.1 Å². The minimum atomic E-state index is -0.0262. The highest BCUT2D eigenvalue weighted by molar-refractivity contribution is 7.98. The number of carbonyl (C=O) groups is 1. The SMILES string of the molecule is CSc1nc(C)c(CCC(=O)NCCN)c(C)c1C#N. The highest BCUT2D eigenvalue weighted by atomic mass is 32.2. The highest BCUT2D eigenvalue weighted by Crippen LogP contribution is 2.25. The number of nitriles is 1. The van der Waals surface area contributed by atoms with Crippen LogP contribution in [0.25, 0.3) is 0 Å². The number of hydrogen-bond acceptors (Lipinski definition) is 5. The zero-order valence-electron chi connectivity index (χ0n) is 12.1. The minimum absolute atomic E-state index is 0.0262. The Bertz CT molecular complexity index is 537. The van der Waals surface area contributed by atoms with Crippen LogP contribution in [0.1, 0.15) is 28.8 Å². The topological polar surface area (TPSA) is 91.8 Å². The summed E-state index contributed by atoms with van der Waals surface area (Å²) in [7, 11) is 0. The maximum atomic E-state index is 11.6. The number of nitrogens with one attached hydrogen (secondary N) is 1. The van der Waals surface area contributed by atoms with Gasteiger partial charge in [-0.15, -0.1) is 11.8 Å². The predicted molar refractivity (Wildman–Crippen MR) is 80.6 cm³/mol. The summed E-state index contributed by atoms with van der Waals surface area (Å²) in [5.74, 6) is -0.0262. The van der Waals surface area contributed by atoms with Crippen molar-refractivity contribution in [3.63, 3.8) is 0 Å². The fourth-order valence-corrected chi connectivity index (χ4v) is 2.68. The van der Waals surface area contributed by atoms with E-state index in [0.29, 0.717) is 31.5 Å². The molecule has 1 amide bonds. The van der Waals surface area contributed by atoms with Gasteiger partial charge in [-0.3, -0.25) is 4.79 Å². The van der Waals surface area contributed by atoms with Crippen LogP contribution >= 0.6 is 11.8 Å². The van der Waals surface area contributed by atoms with E-state index >= 15 is 0 Å². The third-order valence-electron chi connectivity index (χ3n) is 3.12. The van der Waals surface area contributed by atoms with Crippen LogP contribution in [-0.4, -0.2) is 30.2 Å². The lowest BCUT2D eigenvalue weighted by atomic mass is 9.99. The molecule has 0 fully saturated rings. The third kappa shape index (κ3) is 3.95. The molecule has 108 valence electrons. The maximum Gasteiger partial charge on any atom is 0.220 e. The summed E-state index contributed by atoms with van der Waals surface area (Å²) in [6, 6.07) is 2.20. The number of pyridine rings is 1. The Balaban J connectivity index is 2.91. The summed E-state index contributed by atoms with van der Waals surface area (Å²) in [5, 5.41) is 12.7. The molecule has 0 bridgehead atoms. The Kier molecular flexibility index (Phi) is 6.49. The quantitative estimate of drug-likeness (QED) is 0.771. The smallest absolute Gasteiger partial charge is 0.220 e. The van der Waals surface area contributed by atoms with E-state index in [1.807, 2.05) is 20.1 Å². The average molecular weight is 292 g/mol. The van der Waals surface area contributed by atoms with Gasteiger partial charge in [-0.05, 0) is 37.7 Å². The molecule has 0 saturated carbocycles. The number of carbonyl (C=O) groups excluding carboxylic acids is 1. The van der Waals surface area contributed by atoms with E-state index in [2.05, 4.69) is 16.4 Å². The van der Waals surface area contributed by atoms with E-state index in [-0.39, 0.29) is 5.91 Å². The van der Waals surface area contributed by atoms with Crippen LogP contribution in [0.3, 0.4) is 0 Å². The molecule has 0 aromatic carbocycles. The molecule has 0 unspecified atom stereocenters. The Hall–Kier alpha value is -1.58. The molecule has 20 heavy (non-hydrogen) atoms. The van der Waals surface area contributed by atoms with Crippen molar-refractivity contribution in [2.75, 3.05) is 19.3 Å². The third-order valence-corrected chi connectivity index (χ3v) is 3.80. The lowest BCUT2D eigenvalue weighted by Crippen LogP contribution is -2.29. The predicted octanol–water partition coefficient (Wildman–Crippen LogP) is 1.30. The van der Waals surface area contributed by atoms with Crippen LogP contribution in [0.2, 0.25) is 0 Å². The van der Waals surface area contributed by atoms with Crippen LogP contribution in [-0.2, 0) is 11.2 Å². The van der Waals surface area contributed by atoms with Gasteiger partial charge in [-0.1, -0.05) is 0 Å². The molecule has 1 heterocycles. The standard InChI is InChI=1S/C14H20N4OS/c1-9-11(4-5-13(19)17-7-6-15)10(2)18-14(20-3)12(9)8-16/h4-7,15H2,1-3H3,(H,17,19). The van der Waals surface area contributed by atoms with E-state index in [9.17, 15) is 10.1 Å². The van der Waals surface area contributed by atoms with Crippen molar-refractivity contribution in [1.82, 2.24) is 10.3 Å². The van der Waals surface area contributed by atoms with Crippen molar-refractivity contribution >= 4 is 17.7 Å². The Labute approximate surface area is 124 Å². The van der Waals surface area contributed by atoms with Crippen LogP contribution in [0.5, 0.6) is 0 Å². The number of nitrogens with zero attached hydrogens (tertiary/aromatic N) is 2. The molecule has 1 rings (SSSR count). The first-order valence-electron chi connectivity index (χ1n) is 6.46. The van der Waals surface area contributed by atoms with Gasteiger partial charge in [-0.2, -0.15) is 5.26 Å². The highest BCUT2D eigenvalue weighted by Gasteiger charge is 2.15. The number of hydrogen-bond donors (Lipinski definition) is 2. The normalized spacial score (nSPS) is 10.2. The van der Waals surface area contributed by atoms with Crippen LogP contribution in [0, 0.1) is 25.2 Å². The summed E-state index contributed by atoms with van der Waals surface area (Å²) in [4.78, 5) is 16.1. The molecular weight excluding hydrogens is 272 g/mol. The summed E-state index contributed by atoms with van der Waals surface area (Å²) in [6.45, 7) is 4.76. The van der Waals surface area contributed by atoms with Crippen molar-refractivity contribution in [3.8, 4) is 6.07 Å². The largest absolute Gasteiger partial charge is 0.355 e. The molecule has 1 aromatic heterocycles. The van der Waals surface area contributed by atoms with Gasteiger partial charge in [0, 0.05) is 25.2 Å². The second-order valence-corrected chi connectivity index (χ2v) is 5.23. The van der Waals surface area contributed by atoms with Crippen LogP contribution in [0.4, 0.5) is 0 Å². The molecule has 3 N–H and O–H groups in total. The number of aryl methyl sites for hydroxylation is 1. The Morgan fingerprint density at radius 2 is 2.20 bits per heavy atom. The van der Waals surface area contributed by atoms with Crippen molar-refractivity contribution in [2.24, 2.45) is 5.73 Å². The zero-order valence-corrected chi connectivity index (χ0v) is 12.9. The zero-order chi connectivity index (χ0) is 15.1. The Morgan fingerprint density at radius 3 is 2.75 bits per heavy atom. The molecule has 0 aliphatic carbocycles.